The molecule has 0 bridgehead atoms. The molecular formula is C20H16N4. The maximum atomic E-state index is 4.69. The van der Waals surface area contributed by atoms with Gasteiger partial charge in [-0.05, 0) is 24.3 Å². The van der Waals surface area contributed by atoms with Gasteiger partial charge in [0, 0.05) is 11.3 Å². The van der Waals surface area contributed by atoms with Gasteiger partial charge in [-0.3, -0.25) is 0 Å². The topological polar surface area (TPSA) is 42.7 Å². The first-order valence-corrected chi connectivity index (χ1v) is 7.80. The Balaban J connectivity index is 1.80. The third-order valence-electron chi connectivity index (χ3n) is 3.67. The minimum Gasteiger partial charge on any atom is -0.324 e. The van der Waals surface area contributed by atoms with Gasteiger partial charge in [0.15, 0.2) is 5.82 Å². The van der Waals surface area contributed by atoms with Crippen molar-refractivity contribution in [1.29, 1.82) is 0 Å². The number of anilines is 2. The Labute approximate surface area is 140 Å². The second-order valence-electron chi connectivity index (χ2n) is 5.36. The molecule has 24 heavy (non-hydrogen) atoms. The molecule has 1 N–H and O–H groups in total. The summed E-state index contributed by atoms with van der Waals surface area (Å²) in [6, 6.07) is 30.0. The van der Waals surface area contributed by atoms with E-state index in [0.717, 1.165) is 16.9 Å². The zero-order valence-electron chi connectivity index (χ0n) is 13.0. The van der Waals surface area contributed by atoms with Crippen LogP contribution >= 0.6 is 0 Å². The Hall–Kier alpha value is -3.40. The third kappa shape index (κ3) is 2.90. The highest BCUT2D eigenvalue weighted by molar-refractivity contribution is 5.61. The average Bonchev–Trinajstić information content (AvgIpc) is 3.08. The molecule has 1 heterocycles. The molecule has 4 rings (SSSR count). The molecule has 1 aromatic heterocycles. The first-order valence-electron chi connectivity index (χ1n) is 7.80. The van der Waals surface area contributed by atoms with Gasteiger partial charge < -0.3 is 5.32 Å². The number of hydrogen-bond acceptors (Lipinski definition) is 3. The fourth-order valence-corrected chi connectivity index (χ4v) is 2.50. The van der Waals surface area contributed by atoms with Crippen LogP contribution in [0.1, 0.15) is 0 Å². The van der Waals surface area contributed by atoms with Gasteiger partial charge in [-0.2, -0.15) is 9.67 Å². The van der Waals surface area contributed by atoms with E-state index >= 15 is 0 Å². The molecule has 0 radical (unpaired) electrons. The zero-order chi connectivity index (χ0) is 16.2. The molecule has 0 saturated carbocycles. The molecule has 0 unspecified atom stereocenters. The van der Waals surface area contributed by atoms with Crippen LogP contribution in [0.2, 0.25) is 0 Å². The van der Waals surface area contributed by atoms with Crippen LogP contribution in [0.15, 0.2) is 91.0 Å². The highest BCUT2D eigenvalue weighted by Crippen LogP contribution is 2.23. The standard InChI is InChI=1S/C20H16N4/c1-4-10-16(11-5-1)19-22-20(21-17-12-6-2-7-13-17)24(23-19)18-14-8-3-9-15-18/h1-15H,(H,21,22,23). The summed E-state index contributed by atoms with van der Waals surface area (Å²) >= 11 is 0. The van der Waals surface area contributed by atoms with Crippen LogP contribution in [0.25, 0.3) is 17.1 Å². The lowest BCUT2D eigenvalue weighted by atomic mass is 10.2. The van der Waals surface area contributed by atoms with Crippen molar-refractivity contribution in [3.8, 4) is 17.1 Å². The van der Waals surface area contributed by atoms with Crippen molar-refractivity contribution in [2.75, 3.05) is 5.32 Å². The molecule has 0 aliphatic rings. The predicted molar refractivity (Wildman–Crippen MR) is 96.5 cm³/mol. The van der Waals surface area contributed by atoms with Crippen LogP contribution in [0.5, 0.6) is 0 Å². The Kier molecular flexibility index (Phi) is 3.78. The van der Waals surface area contributed by atoms with Gasteiger partial charge in [0.05, 0.1) is 5.69 Å². The summed E-state index contributed by atoms with van der Waals surface area (Å²) in [5.74, 6) is 1.38. The Morgan fingerprint density at radius 3 is 1.92 bits per heavy atom. The lowest BCUT2D eigenvalue weighted by Gasteiger charge is -2.07. The fourth-order valence-electron chi connectivity index (χ4n) is 2.50. The van der Waals surface area contributed by atoms with Crippen LogP contribution in [-0.4, -0.2) is 14.8 Å². The number of benzene rings is 3. The fraction of sp³-hybridized carbons (Fsp3) is 0. The van der Waals surface area contributed by atoms with Crippen molar-refractivity contribution in [2.24, 2.45) is 0 Å². The molecule has 4 aromatic rings. The van der Waals surface area contributed by atoms with Crippen molar-refractivity contribution in [3.05, 3.63) is 91.0 Å². The maximum Gasteiger partial charge on any atom is 0.231 e. The van der Waals surface area contributed by atoms with E-state index in [2.05, 4.69) is 10.4 Å². The third-order valence-corrected chi connectivity index (χ3v) is 3.67. The van der Waals surface area contributed by atoms with Crippen LogP contribution in [0.4, 0.5) is 11.6 Å². The molecule has 0 spiro atoms. The van der Waals surface area contributed by atoms with Crippen molar-refractivity contribution < 1.29 is 0 Å². The minimum atomic E-state index is 0.686. The van der Waals surface area contributed by atoms with E-state index < -0.39 is 0 Å². The average molecular weight is 312 g/mol. The lowest BCUT2D eigenvalue weighted by molar-refractivity contribution is 0.890. The normalized spacial score (nSPS) is 10.5. The summed E-state index contributed by atoms with van der Waals surface area (Å²) in [6.07, 6.45) is 0. The van der Waals surface area contributed by atoms with Gasteiger partial charge in [-0.15, -0.1) is 5.10 Å². The van der Waals surface area contributed by atoms with E-state index in [1.54, 1.807) is 0 Å². The number of nitrogens with zero attached hydrogens (tertiary/aromatic N) is 3. The molecule has 4 heteroatoms. The molecular weight excluding hydrogens is 296 g/mol. The predicted octanol–water partition coefficient (Wildman–Crippen LogP) is 4.68. The van der Waals surface area contributed by atoms with Crippen LogP contribution in [-0.2, 0) is 0 Å². The number of hydrogen-bond donors (Lipinski definition) is 1. The van der Waals surface area contributed by atoms with Crippen molar-refractivity contribution >= 4 is 11.6 Å². The van der Waals surface area contributed by atoms with E-state index in [1.807, 2.05) is 95.7 Å². The molecule has 116 valence electrons. The van der Waals surface area contributed by atoms with Crippen LogP contribution in [0.3, 0.4) is 0 Å². The van der Waals surface area contributed by atoms with Gasteiger partial charge in [0.25, 0.3) is 0 Å². The number of para-hydroxylation sites is 2. The Bertz CT molecular complexity index is 916. The molecule has 0 atom stereocenters. The quantitative estimate of drug-likeness (QED) is 0.595. The van der Waals surface area contributed by atoms with E-state index in [4.69, 9.17) is 4.98 Å². The molecule has 4 nitrogen and oxygen atoms in total. The summed E-state index contributed by atoms with van der Waals surface area (Å²) in [5.41, 5.74) is 2.93. The first kappa shape index (κ1) is 14.2. The van der Waals surface area contributed by atoms with E-state index in [0.29, 0.717) is 11.8 Å². The van der Waals surface area contributed by atoms with E-state index in [9.17, 15) is 0 Å². The molecule has 3 aromatic carbocycles. The second kappa shape index (κ2) is 6.38. The Morgan fingerprint density at radius 2 is 1.25 bits per heavy atom. The highest BCUT2D eigenvalue weighted by atomic mass is 15.4. The van der Waals surface area contributed by atoms with E-state index in [-0.39, 0.29) is 0 Å². The summed E-state index contributed by atoms with van der Waals surface area (Å²) in [6.45, 7) is 0. The first-order chi connectivity index (χ1) is 11.9. The van der Waals surface area contributed by atoms with Crippen molar-refractivity contribution in [3.63, 3.8) is 0 Å². The van der Waals surface area contributed by atoms with Gasteiger partial charge in [-0.1, -0.05) is 66.7 Å². The van der Waals surface area contributed by atoms with Crippen LogP contribution in [0, 0.1) is 0 Å². The minimum absolute atomic E-state index is 0.686. The largest absolute Gasteiger partial charge is 0.324 e. The summed E-state index contributed by atoms with van der Waals surface area (Å²) < 4.78 is 1.83. The molecule has 0 saturated heterocycles. The maximum absolute atomic E-state index is 4.69. The lowest BCUT2D eigenvalue weighted by Crippen LogP contribution is -2.03. The molecule has 0 fully saturated rings. The SMILES string of the molecule is c1ccc(Nc2nc(-c3ccccc3)nn2-c2ccccc2)cc1. The van der Waals surface area contributed by atoms with Crippen molar-refractivity contribution in [2.45, 2.75) is 0 Å². The summed E-state index contributed by atoms with van der Waals surface area (Å²) in [4.78, 5) is 4.69. The number of rotatable bonds is 4. The highest BCUT2D eigenvalue weighted by Gasteiger charge is 2.13. The van der Waals surface area contributed by atoms with Crippen LogP contribution < -0.4 is 5.32 Å². The van der Waals surface area contributed by atoms with E-state index in [1.165, 1.54) is 0 Å². The smallest absolute Gasteiger partial charge is 0.231 e. The summed E-state index contributed by atoms with van der Waals surface area (Å²) in [7, 11) is 0. The molecule has 0 amide bonds. The number of nitrogens with one attached hydrogen (secondary N) is 1. The second-order valence-corrected chi connectivity index (χ2v) is 5.36. The van der Waals surface area contributed by atoms with Gasteiger partial charge in [0.2, 0.25) is 5.95 Å². The molecule has 0 aliphatic carbocycles. The monoisotopic (exact) mass is 312 g/mol. The van der Waals surface area contributed by atoms with Gasteiger partial charge in [-0.25, -0.2) is 0 Å². The zero-order valence-corrected chi connectivity index (χ0v) is 13.0. The Morgan fingerprint density at radius 1 is 0.667 bits per heavy atom. The summed E-state index contributed by atoms with van der Waals surface area (Å²) in [5, 5.41) is 8.04. The van der Waals surface area contributed by atoms with Gasteiger partial charge in [0.1, 0.15) is 0 Å². The van der Waals surface area contributed by atoms with Crippen molar-refractivity contribution in [1.82, 2.24) is 14.8 Å². The molecule has 0 aliphatic heterocycles. The van der Waals surface area contributed by atoms with Gasteiger partial charge >= 0.3 is 0 Å². The number of aromatic nitrogens is 3.